The van der Waals surface area contributed by atoms with Crippen LogP contribution < -0.4 is 9.64 Å². The summed E-state index contributed by atoms with van der Waals surface area (Å²) in [4.78, 5) is 40.4. The highest BCUT2D eigenvalue weighted by Crippen LogP contribution is 2.43. The predicted octanol–water partition coefficient (Wildman–Crippen LogP) is 4.61. The van der Waals surface area contributed by atoms with Crippen LogP contribution in [0.1, 0.15) is 49.2 Å². The van der Waals surface area contributed by atoms with Crippen LogP contribution in [0.4, 0.5) is 5.69 Å². The molecule has 0 unspecified atom stereocenters. The number of nitrogens with zero attached hydrogens (tertiary/aromatic N) is 2. The molecule has 0 aliphatic carbocycles. The fourth-order valence-electron chi connectivity index (χ4n) is 3.69. The molecule has 1 aliphatic heterocycles. The average molecular weight is 455 g/mol. The van der Waals surface area contributed by atoms with Crippen molar-refractivity contribution in [3.05, 3.63) is 59.2 Å². The van der Waals surface area contributed by atoms with Gasteiger partial charge in [0.1, 0.15) is 12.4 Å². The zero-order valence-corrected chi connectivity index (χ0v) is 19.5. The largest absolute Gasteiger partial charge is 0.492 e. The Morgan fingerprint density at radius 1 is 1.00 bits per heavy atom. The molecular formula is C25H27ClN2O4. The van der Waals surface area contributed by atoms with E-state index in [1.165, 1.54) is 13.8 Å². The summed E-state index contributed by atoms with van der Waals surface area (Å²) >= 11 is 6.66. The fourth-order valence-corrected chi connectivity index (χ4v) is 3.99. The van der Waals surface area contributed by atoms with Crippen LogP contribution in [0.25, 0.3) is 10.6 Å². The molecule has 0 bridgehead atoms. The summed E-state index contributed by atoms with van der Waals surface area (Å²) in [5.74, 6) is -0.345. The first-order valence-corrected chi connectivity index (χ1v) is 11.0. The van der Waals surface area contributed by atoms with Crippen molar-refractivity contribution >= 4 is 45.5 Å². The van der Waals surface area contributed by atoms with Gasteiger partial charge in [-0.3, -0.25) is 14.4 Å². The molecule has 0 aromatic heterocycles. The molecular weight excluding hydrogens is 428 g/mol. The summed E-state index contributed by atoms with van der Waals surface area (Å²) in [5.41, 5.74) is 2.17. The zero-order valence-electron chi connectivity index (χ0n) is 18.8. The van der Waals surface area contributed by atoms with Gasteiger partial charge in [0.05, 0.1) is 16.3 Å². The molecule has 0 N–H and O–H groups in total. The molecule has 0 spiro atoms. The van der Waals surface area contributed by atoms with Crippen LogP contribution in [-0.4, -0.2) is 48.7 Å². The second-order valence-electron chi connectivity index (χ2n) is 7.54. The van der Waals surface area contributed by atoms with Gasteiger partial charge >= 0.3 is 0 Å². The maximum absolute atomic E-state index is 13.1. The molecule has 2 aromatic rings. The van der Waals surface area contributed by atoms with Gasteiger partial charge in [0, 0.05) is 24.6 Å². The second kappa shape index (κ2) is 10.1. The summed E-state index contributed by atoms with van der Waals surface area (Å²) < 4.78 is 5.81. The number of likely N-dealkylation sites (N-methyl/N-ethyl adjacent to an activating group) is 1. The maximum atomic E-state index is 13.1. The van der Waals surface area contributed by atoms with Gasteiger partial charge < -0.3 is 9.64 Å². The number of Topliss-reactive ketones (excluding diaryl/α,β-unsaturated/α-hetero) is 1. The van der Waals surface area contributed by atoms with Crippen LogP contribution in [0.15, 0.2) is 42.5 Å². The number of fused-ring (bicyclic) bond motifs is 1. The number of carbonyl (C=O) groups excluding carboxylic acids is 3. The Bertz CT molecular complexity index is 1070. The minimum absolute atomic E-state index is 0.136. The second-order valence-corrected chi connectivity index (χ2v) is 7.91. The van der Waals surface area contributed by atoms with Crippen molar-refractivity contribution in [2.45, 2.75) is 27.7 Å². The van der Waals surface area contributed by atoms with Gasteiger partial charge in [0.25, 0.3) is 5.91 Å². The Balaban J connectivity index is 1.92. The van der Waals surface area contributed by atoms with E-state index in [1.807, 2.05) is 0 Å². The van der Waals surface area contributed by atoms with Crippen LogP contribution in [-0.2, 0) is 9.59 Å². The Morgan fingerprint density at radius 3 is 2.19 bits per heavy atom. The van der Waals surface area contributed by atoms with Crippen LogP contribution in [0.3, 0.4) is 0 Å². The third-order valence-electron chi connectivity index (χ3n) is 5.54. The molecule has 0 saturated carbocycles. The van der Waals surface area contributed by atoms with Crippen molar-refractivity contribution in [1.29, 1.82) is 0 Å². The van der Waals surface area contributed by atoms with Gasteiger partial charge in [0.15, 0.2) is 5.78 Å². The van der Waals surface area contributed by atoms with E-state index in [0.29, 0.717) is 34.7 Å². The summed E-state index contributed by atoms with van der Waals surface area (Å²) in [6, 6.07) is 12.0. The monoisotopic (exact) mass is 454 g/mol. The number of carbonyl (C=O) groups is 3. The van der Waals surface area contributed by atoms with Gasteiger partial charge in [0.2, 0.25) is 5.91 Å². The standard InChI is InChI=1S/C25H27ClN2O4/c1-5-27(6-2)13-14-32-20-10-7-18(8-11-20)24(26)23-21-15-19(16(3)29)9-12-22(21)28(17(4)30)25(23)31/h7-12,15H,5-6,13-14H2,1-4H3. The minimum Gasteiger partial charge on any atom is -0.492 e. The number of halogens is 1. The molecule has 0 atom stereocenters. The molecule has 0 radical (unpaired) electrons. The summed E-state index contributed by atoms with van der Waals surface area (Å²) in [7, 11) is 0. The Labute approximate surface area is 193 Å². The Kier molecular flexibility index (Phi) is 7.48. The Morgan fingerprint density at radius 2 is 1.62 bits per heavy atom. The van der Waals surface area contributed by atoms with Crippen molar-refractivity contribution in [3.8, 4) is 5.75 Å². The third-order valence-corrected chi connectivity index (χ3v) is 5.95. The fraction of sp³-hybridized carbons (Fsp3) is 0.320. The van der Waals surface area contributed by atoms with Gasteiger partial charge in [-0.1, -0.05) is 25.4 Å². The maximum Gasteiger partial charge on any atom is 0.267 e. The highest BCUT2D eigenvalue weighted by Gasteiger charge is 2.37. The molecule has 2 amide bonds. The molecule has 1 heterocycles. The van der Waals surface area contributed by atoms with E-state index in [9.17, 15) is 14.4 Å². The SMILES string of the molecule is CCN(CC)CCOc1ccc(C(Cl)=C2C(=O)N(C(C)=O)c3ccc(C(C)=O)cc32)cc1. The van der Waals surface area contributed by atoms with E-state index < -0.39 is 11.8 Å². The molecule has 32 heavy (non-hydrogen) atoms. The van der Waals surface area contributed by atoms with Crippen LogP contribution in [0.5, 0.6) is 5.75 Å². The molecule has 0 saturated heterocycles. The highest BCUT2D eigenvalue weighted by molar-refractivity contribution is 6.60. The number of anilines is 1. The minimum atomic E-state index is -0.502. The van der Waals surface area contributed by atoms with Gasteiger partial charge in [-0.05, 0) is 68.0 Å². The lowest BCUT2D eigenvalue weighted by Crippen LogP contribution is -2.31. The first-order valence-electron chi connectivity index (χ1n) is 10.6. The normalized spacial score (nSPS) is 14.6. The molecule has 7 heteroatoms. The van der Waals surface area contributed by atoms with E-state index in [0.717, 1.165) is 24.5 Å². The van der Waals surface area contributed by atoms with Crippen molar-refractivity contribution in [2.24, 2.45) is 0 Å². The van der Waals surface area contributed by atoms with E-state index in [4.69, 9.17) is 16.3 Å². The molecule has 2 aromatic carbocycles. The first-order chi connectivity index (χ1) is 15.3. The van der Waals surface area contributed by atoms with E-state index in [1.54, 1.807) is 42.5 Å². The summed E-state index contributed by atoms with van der Waals surface area (Å²) in [5, 5.41) is 0.218. The number of hydrogen-bond donors (Lipinski definition) is 0. The summed E-state index contributed by atoms with van der Waals surface area (Å²) in [6.45, 7) is 10.4. The van der Waals surface area contributed by atoms with Crippen molar-refractivity contribution in [2.75, 3.05) is 31.1 Å². The predicted molar refractivity (Wildman–Crippen MR) is 127 cm³/mol. The summed E-state index contributed by atoms with van der Waals surface area (Å²) in [6.07, 6.45) is 0. The van der Waals surface area contributed by atoms with Crippen molar-refractivity contribution in [1.82, 2.24) is 4.90 Å². The van der Waals surface area contributed by atoms with Crippen molar-refractivity contribution < 1.29 is 19.1 Å². The lowest BCUT2D eigenvalue weighted by Gasteiger charge is -2.18. The number of ketones is 1. The van der Waals surface area contributed by atoms with E-state index in [2.05, 4.69) is 18.7 Å². The highest BCUT2D eigenvalue weighted by atomic mass is 35.5. The van der Waals surface area contributed by atoms with Crippen molar-refractivity contribution in [3.63, 3.8) is 0 Å². The Hall–Kier alpha value is -2.96. The number of imide groups is 1. The lowest BCUT2D eigenvalue weighted by atomic mass is 10.00. The number of ether oxygens (including phenoxy) is 1. The molecule has 168 valence electrons. The van der Waals surface area contributed by atoms with Gasteiger partial charge in [-0.2, -0.15) is 0 Å². The quantitative estimate of drug-likeness (QED) is 0.430. The van der Waals surface area contributed by atoms with Crippen LogP contribution in [0.2, 0.25) is 0 Å². The van der Waals surface area contributed by atoms with Gasteiger partial charge in [-0.25, -0.2) is 4.90 Å². The molecule has 6 nitrogen and oxygen atoms in total. The van der Waals surface area contributed by atoms with Crippen LogP contribution >= 0.6 is 11.6 Å². The van der Waals surface area contributed by atoms with Crippen LogP contribution in [0, 0.1) is 0 Å². The molecule has 0 fully saturated rings. The lowest BCUT2D eigenvalue weighted by molar-refractivity contribution is -0.122. The first kappa shape index (κ1) is 23.7. The topological polar surface area (TPSA) is 66.9 Å². The number of amides is 2. The van der Waals surface area contributed by atoms with E-state index in [-0.39, 0.29) is 16.4 Å². The smallest absolute Gasteiger partial charge is 0.267 e. The molecule has 1 aliphatic rings. The third kappa shape index (κ3) is 4.76. The molecule has 3 rings (SSSR count). The number of benzene rings is 2. The number of hydrogen-bond acceptors (Lipinski definition) is 5. The van der Waals surface area contributed by atoms with Gasteiger partial charge in [-0.15, -0.1) is 0 Å². The zero-order chi connectivity index (χ0) is 23.4. The number of rotatable bonds is 8. The van der Waals surface area contributed by atoms with E-state index >= 15 is 0 Å². The average Bonchev–Trinajstić information content (AvgIpc) is 3.07.